The summed E-state index contributed by atoms with van der Waals surface area (Å²) in [4.78, 5) is 25.4. The van der Waals surface area contributed by atoms with Crippen molar-refractivity contribution in [1.29, 1.82) is 0 Å². The number of benzene rings is 1. The van der Waals surface area contributed by atoms with E-state index in [1.54, 1.807) is 41.3 Å². The Morgan fingerprint density at radius 1 is 1.42 bits per heavy atom. The SMILES string of the molecule is O=C(O)C[C@@H]1COCCN1C(=O)c1cc(-n2cccn2)ccc1Cl. The fraction of sp³-hybridized carbons (Fsp3) is 0.312. The molecule has 8 heteroatoms. The Bertz CT molecular complexity index is 748. The normalized spacial score (nSPS) is 17.7. The molecule has 0 spiro atoms. The number of nitrogens with zero attached hydrogens (tertiary/aromatic N) is 3. The maximum atomic E-state index is 12.9. The molecule has 0 bridgehead atoms. The van der Waals surface area contributed by atoms with Gasteiger partial charge in [-0.2, -0.15) is 5.10 Å². The van der Waals surface area contributed by atoms with Crippen LogP contribution < -0.4 is 0 Å². The van der Waals surface area contributed by atoms with E-state index in [1.165, 1.54) is 4.90 Å². The van der Waals surface area contributed by atoms with Crippen molar-refractivity contribution in [3.8, 4) is 5.69 Å². The molecule has 0 saturated carbocycles. The Morgan fingerprint density at radius 2 is 2.25 bits per heavy atom. The van der Waals surface area contributed by atoms with Crippen molar-refractivity contribution in [2.24, 2.45) is 0 Å². The largest absolute Gasteiger partial charge is 0.481 e. The summed E-state index contributed by atoms with van der Waals surface area (Å²) < 4.78 is 6.93. The molecule has 1 aromatic carbocycles. The molecule has 3 rings (SSSR count). The van der Waals surface area contributed by atoms with Crippen LogP contribution in [0, 0.1) is 0 Å². The number of rotatable bonds is 4. The topological polar surface area (TPSA) is 84.7 Å². The number of carboxylic acid groups (broad SMARTS) is 1. The molecule has 1 saturated heterocycles. The molecule has 1 fully saturated rings. The van der Waals surface area contributed by atoms with Gasteiger partial charge in [0.25, 0.3) is 5.91 Å². The third-order valence-electron chi connectivity index (χ3n) is 3.85. The quantitative estimate of drug-likeness (QED) is 0.910. The molecule has 0 aliphatic carbocycles. The van der Waals surface area contributed by atoms with Gasteiger partial charge in [-0.1, -0.05) is 11.6 Å². The zero-order chi connectivity index (χ0) is 17.1. The van der Waals surface area contributed by atoms with Gasteiger partial charge in [0, 0.05) is 18.9 Å². The molecule has 7 nitrogen and oxygen atoms in total. The van der Waals surface area contributed by atoms with Crippen LogP contribution in [0.4, 0.5) is 0 Å². The maximum Gasteiger partial charge on any atom is 0.305 e. The van der Waals surface area contributed by atoms with E-state index in [2.05, 4.69) is 5.10 Å². The highest BCUT2D eigenvalue weighted by Crippen LogP contribution is 2.23. The van der Waals surface area contributed by atoms with E-state index in [-0.39, 0.29) is 18.9 Å². The van der Waals surface area contributed by atoms with Crippen LogP contribution in [0.25, 0.3) is 5.69 Å². The Labute approximate surface area is 143 Å². The number of hydrogen-bond acceptors (Lipinski definition) is 4. The van der Waals surface area contributed by atoms with Gasteiger partial charge in [-0.3, -0.25) is 9.59 Å². The predicted octanol–water partition coefficient (Wildman–Crippen LogP) is 1.84. The number of ether oxygens (including phenoxy) is 1. The number of carbonyl (C=O) groups excluding carboxylic acids is 1. The number of carbonyl (C=O) groups is 2. The Kier molecular flexibility index (Phi) is 4.82. The van der Waals surface area contributed by atoms with Crippen LogP contribution in [0.2, 0.25) is 5.02 Å². The highest BCUT2D eigenvalue weighted by atomic mass is 35.5. The lowest BCUT2D eigenvalue weighted by atomic mass is 10.1. The first kappa shape index (κ1) is 16.5. The first-order valence-corrected chi connectivity index (χ1v) is 7.84. The molecule has 2 aromatic rings. The summed E-state index contributed by atoms with van der Waals surface area (Å²) in [5.41, 5.74) is 1.03. The molecule has 2 heterocycles. The molecule has 0 unspecified atom stereocenters. The van der Waals surface area contributed by atoms with Crippen LogP contribution in [0.3, 0.4) is 0 Å². The van der Waals surface area contributed by atoms with Gasteiger partial charge >= 0.3 is 5.97 Å². The van der Waals surface area contributed by atoms with Crippen molar-refractivity contribution < 1.29 is 19.4 Å². The lowest BCUT2D eigenvalue weighted by Gasteiger charge is -2.35. The summed E-state index contributed by atoms with van der Waals surface area (Å²) in [7, 11) is 0. The molecule has 1 amide bonds. The van der Waals surface area contributed by atoms with Crippen molar-refractivity contribution in [3.05, 3.63) is 47.2 Å². The average Bonchev–Trinajstić information content (AvgIpc) is 3.09. The summed E-state index contributed by atoms with van der Waals surface area (Å²) in [6.07, 6.45) is 3.24. The third kappa shape index (κ3) is 3.42. The number of morpholine rings is 1. The van der Waals surface area contributed by atoms with E-state index < -0.39 is 12.0 Å². The second-order valence-electron chi connectivity index (χ2n) is 5.44. The number of aromatic nitrogens is 2. The molecule has 1 aromatic heterocycles. The van der Waals surface area contributed by atoms with E-state index in [0.717, 1.165) is 0 Å². The number of hydrogen-bond donors (Lipinski definition) is 1. The maximum absolute atomic E-state index is 12.9. The molecular weight excluding hydrogens is 334 g/mol. The molecule has 126 valence electrons. The van der Waals surface area contributed by atoms with Gasteiger partial charge in [-0.05, 0) is 24.3 Å². The molecule has 1 N–H and O–H groups in total. The van der Waals surface area contributed by atoms with Crippen molar-refractivity contribution in [1.82, 2.24) is 14.7 Å². The highest BCUT2D eigenvalue weighted by molar-refractivity contribution is 6.33. The average molecular weight is 350 g/mol. The van der Waals surface area contributed by atoms with E-state index in [0.29, 0.717) is 29.4 Å². The van der Waals surface area contributed by atoms with Crippen molar-refractivity contribution in [2.75, 3.05) is 19.8 Å². The summed E-state index contributed by atoms with van der Waals surface area (Å²) in [6.45, 7) is 0.909. The summed E-state index contributed by atoms with van der Waals surface area (Å²) >= 11 is 6.20. The van der Waals surface area contributed by atoms with Crippen LogP contribution in [0.1, 0.15) is 16.8 Å². The first-order valence-electron chi connectivity index (χ1n) is 7.46. The number of carboxylic acids is 1. The number of amides is 1. The van der Waals surface area contributed by atoms with Crippen LogP contribution in [0.5, 0.6) is 0 Å². The van der Waals surface area contributed by atoms with Crippen molar-refractivity contribution in [3.63, 3.8) is 0 Å². The van der Waals surface area contributed by atoms with Crippen LogP contribution in [-0.4, -0.2) is 57.5 Å². The van der Waals surface area contributed by atoms with Gasteiger partial charge in [0.1, 0.15) is 0 Å². The minimum atomic E-state index is -0.973. The second kappa shape index (κ2) is 7.02. The first-order chi connectivity index (χ1) is 11.6. The van der Waals surface area contributed by atoms with Gasteiger partial charge in [-0.15, -0.1) is 0 Å². The standard InChI is InChI=1S/C16H16ClN3O4/c17-14-3-2-11(20-5-1-4-18-20)8-13(14)16(23)19-6-7-24-10-12(19)9-15(21)22/h1-5,8,12H,6-7,9-10H2,(H,21,22)/t12-/m1/s1. The monoisotopic (exact) mass is 349 g/mol. The fourth-order valence-corrected chi connectivity index (χ4v) is 2.89. The highest BCUT2D eigenvalue weighted by Gasteiger charge is 2.30. The minimum absolute atomic E-state index is 0.164. The molecule has 24 heavy (non-hydrogen) atoms. The lowest BCUT2D eigenvalue weighted by Crippen LogP contribution is -2.49. The molecular formula is C16H16ClN3O4. The van der Waals surface area contributed by atoms with Gasteiger partial charge < -0.3 is 14.7 Å². The third-order valence-corrected chi connectivity index (χ3v) is 4.18. The zero-order valence-corrected chi connectivity index (χ0v) is 13.5. The van der Waals surface area contributed by atoms with Gasteiger partial charge in [0.15, 0.2) is 0 Å². The second-order valence-corrected chi connectivity index (χ2v) is 5.85. The summed E-state index contributed by atoms with van der Waals surface area (Å²) in [5.74, 6) is -1.27. The lowest BCUT2D eigenvalue weighted by molar-refractivity contribution is -0.139. The summed E-state index contributed by atoms with van der Waals surface area (Å²) in [6, 6.07) is 6.33. The molecule has 0 radical (unpaired) electrons. The van der Waals surface area contributed by atoms with E-state index in [9.17, 15) is 9.59 Å². The minimum Gasteiger partial charge on any atom is -0.481 e. The van der Waals surface area contributed by atoms with Crippen LogP contribution in [0.15, 0.2) is 36.7 Å². The van der Waals surface area contributed by atoms with Gasteiger partial charge in [-0.25, -0.2) is 4.68 Å². The number of aliphatic carboxylic acids is 1. The van der Waals surface area contributed by atoms with Crippen molar-refractivity contribution >= 4 is 23.5 Å². The Hall–Kier alpha value is -2.38. The zero-order valence-electron chi connectivity index (χ0n) is 12.8. The van der Waals surface area contributed by atoms with E-state index in [4.69, 9.17) is 21.4 Å². The molecule has 1 atom stereocenters. The summed E-state index contributed by atoms with van der Waals surface area (Å²) in [5, 5.41) is 13.5. The van der Waals surface area contributed by atoms with Gasteiger partial charge in [0.2, 0.25) is 0 Å². The van der Waals surface area contributed by atoms with E-state index >= 15 is 0 Å². The number of halogens is 1. The molecule has 1 aliphatic rings. The molecule has 1 aliphatic heterocycles. The predicted molar refractivity (Wildman–Crippen MR) is 86.5 cm³/mol. The Morgan fingerprint density at radius 3 is 2.96 bits per heavy atom. The van der Waals surface area contributed by atoms with E-state index in [1.807, 2.05) is 0 Å². The van der Waals surface area contributed by atoms with Crippen LogP contribution >= 0.6 is 11.6 Å². The van der Waals surface area contributed by atoms with Crippen molar-refractivity contribution in [2.45, 2.75) is 12.5 Å². The Balaban J connectivity index is 1.90. The fourth-order valence-electron chi connectivity index (χ4n) is 2.69. The van der Waals surface area contributed by atoms with Gasteiger partial charge in [0.05, 0.1) is 41.9 Å². The smallest absolute Gasteiger partial charge is 0.305 e. The van der Waals surface area contributed by atoms with Crippen LogP contribution in [-0.2, 0) is 9.53 Å².